The minimum atomic E-state index is -0.264. The highest BCUT2D eigenvalue weighted by Crippen LogP contribution is 2.21. The Morgan fingerprint density at radius 2 is 1.53 bits per heavy atom. The molecule has 0 saturated heterocycles. The van der Waals surface area contributed by atoms with Crippen LogP contribution in [0.5, 0.6) is 5.88 Å². The van der Waals surface area contributed by atoms with Crippen LogP contribution in [0.25, 0.3) is 0 Å². The van der Waals surface area contributed by atoms with Gasteiger partial charge in [0.1, 0.15) is 12.2 Å². The van der Waals surface area contributed by atoms with Crippen molar-refractivity contribution in [1.29, 1.82) is 0 Å². The van der Waals surface area contributed by atoms with Crippen LogP contribution in [0.15, 0.2) is 95.6 Å². The summed E-state index contributed by atoms with van der Waals surface area (Å²) >= 11 is 3.40. The molecule has 1 N–H and O–H groups in total. The Morgan fingerprint density at radius 3 is 2.20 bits per heavy atom. The Balaban J connectivity index is 1.56. The molecule has 0 bridgehead atoms. The molecule has 4 aromatic rings. The van der Waals surface area contributed by atoms with Gasteiger partial charge in [0.2, 0.25) is 5.88 Å². The highest BCUT2D eigenvalue weighted by Gasteiger charge is 2.18. The third-order valence-corrected chi connectivity index (χ3v) is 5.01. The fourth-order valence-corrected chi connectivity index (χ4v) is 3.24. The molecule has 6 heteroatoms. The van der Waals surface area contributed by atoms with Gasteiger partial charge in [0.05, 0.1) is 6.54 Å². The van der Waals surface area contributed by atoms with Crippen LogP contribution in [0.3, 0.4) is 0 Å². The summed E-state index contributed by atoms with van der Waals surface area (Å²) in [7, 11) is 0. The number of carbonyl (C=O) groups is 1. The van der Waals surface area contributed by atoms with Gasteiger partial charge >= 0.3 is 0 Å². The van der Waals surface area contributed by atoms with Crippen LogP contribution in [0.4, 0.5) is 5.69 Å². The molecule has 0 fully saturated rings. The Labute approximate surface area is 183 Å². The maximum absolute atomic E-state index is 12.9. The molecule has 0 aliphatic rings. The summed E-state index contributed by atoms with van der Waals surface area (Å²) in [6.45, 7) is 0.885. The van der Waals surface area contributed by atoms with Gasteiger partial charge in [0.15, 0.2) is 0 Å². The third-order valence-electron chi connectivity index (χ3n) is 4.48. The SMILES string of the molecule is O=C(Nc1ccc(Br)cc1)c1cn(Cc2ccccc2)nc1OCc1ccccc1. The van der Waals surface area contributed by atoms with E-state index in [0.29, 0.717) is 30.3 Å². The molecule has 3 aromatic carbocycles. The Kier molecular flexibility index (Phi) is 6.25. The van der Waals surface area contributed by atoms with Gasteiger partial charge in [0, 0.05) is 16.4 Å². The van der Waals surface area contributed by atoms with Crippen molar-refractivity contribution in [2.75, 3.05) is 5.32 Å². The fourth-order valence-electron chi connectivity index (χ4n) is 2.98. The molecule has 1 amide bonds. The summed E-state index contributed by atoms with van der Waals surface area (Å²) in [5.41, 5.74) is 3.20. The Hall–Kier alpha value is -3.38. The first-order chi connectivity index (χ1) is 14.7. The second kappa shape index (κ2) is 9.41. The summed E-state index contributed by atoms with van der Waals surface area (Å²) in [5.74, 6) is 0.0455. The minimum Gasteiger partial charge on any atom is -0.471 e. The van der Waals surface area contributed by atoms with Crippen LogP contribution in [0.2, 0.25) is 0 Å². The summed E-state index contributed by atoms with van der Waals surface area (Å²) in [5, 5.41) is 7.43. The topological polar surface area (TPSA) is 56.2 Å². The lowest BCUT2D eigenvalue weighted by Gasteiger charge is -2.07. The lowest BCUT2D eigenvalue weighted by Crippen LogP contribution is -2.12. The zero-order chi connectivity index (χ0) is 20.8. The lowest BCUT2D eigenvalue weighted by atomic mass is 10.2. The van der Waals surface area contributed by atoms with Crippen molar-refractivity contribution in [2.45, 2.75) is 13.2 Å². The molecule has 0 aliphatic heterocycles. The van der Waals surface area contributed by atoms with E-state index in [2.05, 4.69) is 26.3 Å². The summed E-state index contributed by atoms with van der Waals surface area (Å²) in [6.07, 6.45) is 1.72. The van der Waals surface area contributed by atoms with Crippen molar-refractivity contribution in [1.82, 2.24) is 9.78 Å². The first-order valence-corrected chi connectivity index (χ1v) is 10.3. The minimum absolute atomic E-state index is 0.264. The highest BCUT2D eigenvalue weighted by atomic mass is 79.9. The molecule has 0 saturated carbocycles. The molecule has 0 atom stereocenters. The average Bonchev–Trinajstić information content (AvgIpc) is 3.18. The van der Waals surface area contributed by atoms with E-state index in [-0.39, 0.29) is 5.91 Å². The van der Waals surface area contributed by atoms with E-state index in [0.717, 1.165) is 15.6 Å². The van der Waals surface area contributed by atoms with Crippen LogP contribution in [-0.4, -0.2) is 15.7 Å². The predicted molar refractivity (Wildman–Crippen MR) is 121 cm³/mol. The van der Waals surface area contributed by atoms with Gasteiger partial charge in [0.25, 0.3) is 5.91 Å². The molecule has 0 spiro atoms. The molecule has 5 nitrogen and oxygen atoms in total. The Bertz CT molecular complexity index is 1110. The average molecular weight is 462 g/mol. The van der Waals surface area contributed by atoms with Crippen molar-refractivity contribution < 1.29 is 9.53 Å². The fraction of sp³-hybridized carbons (Fsp3) is 0.0833. The third kappa shape index (κ3) is 5.15. The van der Waals surface area contributed by atoms with Gasteiger partial charge < -0.3 is 10.1 Å². The maximum Gasteiger partial charge on any atom is 0.262 e. The van der Waals surface area contributed by atoms with Crippen LogP contribution in [0.1, 0.15) is 21.5 Å². The van der Waals surface area contributed by atoms with Crippen LogP contribution >= 0.6 is 15.9 Å². The number of nitrogens with one attached hydrogen (secondary N) is 1. The van der Waals surface area contributed by atoms with Gasteiger partial charge in [-0.1, -0.05) is 76.6 Å². The largest absolute Gasteiger partial charge is 0.471 e. The number of benzene rings is 3. The predicted octanol–water partition coefficient (Wildman–Crippen LogP) is 5.53. The van der Waals surface area contributed by atoms with Crippen LogP contribution < -0.4 is 10.1 Å². The second-order valence-electron chi connectivity index (χ2n) is 6.77. The van der Waals surface area contributed by atoms with Gasteiger partial charge in [-0.2, -0.15) is 0 Å². The molecular weight excluding hydrogens is 442 g/mol. The highest BCUT2D eigenvalue weighted by molar-refractivity contribution is 9.10. The normalized spacial score (nSPS) is 10.6. The molecule has 150 valence electrons. The van der Waals surface area contributed by atoms with Crippen molar-refractivity contribution in [3.8, 4) is 5.88 Å². The van der Waals surface area contributed by atoms with Crippen molar-refractivity contribution >= 4 is 27.5 Å². The molecule has 30 heavy (non-hydrogen) atoms. The van der Waals surface area contributed by atoms with Crippen LogP contribution in [-0.2, 0) is 13.2 Å². The summed E-state index contributed by atoms with van der Waals surface area (Å²) in [6, 6.07) is 27.2. The maximum atomic E-state index is 12.9. The van der Waals surface area contributed by atoms with Crippen LogP contribution in [0, 0.1) is 0 Å². The number of anilines is 1. The van der Waals surface area contributed by atoms with Crippen molar-refractivity contribution in [2.24, 2.45) is 0 Å². The molecular formula is C24H20BrN3O2. The van der Waals surface area contributed by atoms with Gasteiger partial charge in [-0.25, -0.2) is 0 Å². The number of halogens is 1. The second-order valence-corrected chi connectivity index (χ2v) is 7.68. The molecule has 1 heterocycles. The first-order valence-electron chi connectivity index (χ1n) is 9.52. The lowest BCUT2D eigenvalue weighted by molar-refractivity contribution is 0.102. The van der Waals surface area contributed by atoms with Crippen molar-refractivity contribution in [3.05, 3.63) is 112 Å². The van der Waals surface area contributed by atoms with E-state index in [1.807, 2.05) is 84.9 Å². The number of aromatic nitrogens is 2. The summed E-state index contributed by atoms with van der Waals surface area (Å²) < 4.78 is 8.59. The molecule has 0 radical (unpaired) electrons. The van der Waals surface area contributed by atoms with E-state index in [9.17, 15) is 4.79 Å². The number of rotatable bonds is 7. The number of hydrogen-bond donors (Lipinski definition) is 1. The van der Waals surface area contributed by atoms with E-state index < -0.39 is 0 Å². The zero-order valence-electron chi connectivity index (χ0n) is 16.2. The van der Waals surface area contributed by atoms with Gasteiger partial charge in [-0.3, -0.25) is 9.48 Å². The molecule has 0 aliphatic carbocycles. The number of nitrogens with zero attached hydrogens (tertiary/aromatic N) is 2. The van der Waals surface area contributed by atoms with E-state index in [4.69, 9.17) is 4.74 Å². The number of amides is 1. The molecule has 4 rings (SSSR count). The summed E-state index contributed by atoms with van der Waals surface area (Å²) in [4.78, 5) is 12.9. The molecule has 0 unspecified atom stereocenters. The first kappa shape index (κ1) is 19.9. The van der Waals surface area contributed by atoms with Gasteiger partial charge in [-0.15, -0.1) is 5.10 Å². The monoisotopic (exact) mass is 461 g/mol. The standard InChI is InChI=1S/C24H20BrN3O2/c25-20-11-13-21(14-12-20)26-23(29)22-16-28(15-18-7-3-1-4-8-18)27-24(22)30-17-19-9-5-2-6-10-19/h1-14,16H,15,17H2,(H,26,29). The van der Waals surface area contributed by atoms with Gasteiger partial charge in [-0.05, 0) is 35.4 Å². The van der Waals surface area contributed by atoms with E-state index >= 15 is 0 Å². The smallest absolute Gasteiger partial charge is 0.262 e. The van der Waals surface area contributed by atoms with E-state index in [1.165, 1.54) is 0 Å². The number of hydrogen-bond acceptors (Lipinski definition) is 3. The number of ether oxygens (including phenoxy) is 1. The molecule has 1 aromatic heterocycles. The number of carbonyl (C=O) groups excluding carboxylic acids is 1. The van der Waals surface area contributed by atoms with Crippen molar-refractivity contribution in [3.63, 3.8) is 0 Å². The van der Waals surface area contributed by atoms with E-state index in [1.54, 1.807) is 10.9 Å². The Morgan fingerprint density at radius 1 is 0.900 bits per heavy atom. The quantitative estimate of drug-likeness (QED) is 0.393. The zero-order valence-corrected chi connectivity index (χ0v) is 17.7.